The Bertz CT molecular complexity index is 756. The Balaban J connectivity index is 1.63. The molecule has 6 nitrogen and oxygen atoms in total. The third-order valence-corrected chi connectivity index (χ3v) is 6.08. The van der Waals surface area contributed by atoms with Crippen LogP contribution >= 0.6 is 24.0 Å². The van der Waals surface area contributed by atoms with Crippen molar-refractivity contribution in [3.8, 4) is 0 Å². The number of rotatable bonds is 6. The minimum atomic E-state index is -0.864. The van der Waals surface area contributed by atoms with E-state index in [2.05, 4.69) is 29.0 Å². The number of hydrogen-bond donors (Lipinski definition) is 1. The van der Waals surface area contributed by atoms with Crippen LogP contribution in [-0.2, 0) is 9.59 Å². The first kappa shape index (κ1) is 19.9. The maximum Gasteiger partial charge on any atom is 0.303 e. The van der Waals surface area contributed by atoms with Crippen LogP contribution < -0.4 is 4.90 Å². The molecular weight excluding hydrogens is 382 g/mol. The molecule has 0 saturated carbocycles. The Morgan fingerprint density at radius 2 is 1.89 bits per heavy atom. The highest BCUT2D eigenvalue weighted by molar-refractivity contribution is 8.26. The fourth-order valence-electron chi connectivity index (χ4n) is 3.08. The van der Waals surface area contributed by atoms with E-state index in [-0.39, 0.29) is 12.3 Å². The van der Waals surface area contributed by atoms with Gasteiger partial charge in [-0.3, -0.25) is 14.5 Å². The number of thiocarbonyl (C=S) groups is 1. The SMILES string of the molecule is CN1CCN(c2ccc(/C=C3\SC(=S)N(CCCC(=O)O)C3=O)cc2)CC1. The second kappa shape index (κ2) is 8.86. The van der Waals surface area contributed by atoms with Crippen LogP contribution in [0.5, 0.6) is 0 Å². The highest BCUT2D eigenvalue weighted by Crippen LogP contribution is 2.33. The number of piperazine rings is 1. The van der Waals surface area contributed by atoms with Gasteiger partial charge in [-0.25, -0.2) is 0 Å². The third-order valence-electron chi connectivity index (χ3n) is 4.71. The first-order chi connectivity index (χ1) is 12.9. The summed E-state index contributed by atoms with van der Waals surface area (Å²) in [5.74, 6) is -1.00. The molecule has 2 aliphatic heterocycles. The number of likely N-dealkylation sites (N-methyl/N-ethyl adjacent to an activating group) is 1. The molecule has 2 aliphatic rings. The second-order valence-electron chi connectivity index (χ2n) is 6.71. The van der Waals surface area contributed by atoms with Gasteiger partial charge in [0, 0.05) is 44.8 Å². The molecule has 0 atom stereocenters. The lowest BCUT2D eigenvalue weighted by atomic mass is 10.1. The van der Waals surface area contributed by atoms with Crippen LogP contribution in [0.1, 0.15) is 18.4 Å². The van der Waals surface area contributed by atoms with Crippen LogP contribution in [0, 0.1) is 0 Å². The molecule has 1 amide bonds. The van der Waals surface area contributed by atoms with Gasteiger partial charge in [0.25, 0.3) is 5.91 Å². The van der Waals surface area contributed by atoms with E-state index in [1.165, 1.54) is 22.3 Å². The van der Waals surface area contributed by atoms with Gasteiger partial charge in [0.2, 0.25) is 0 Å². The highest BCUT2D eigenvalue weighted by atomic mass is 32.2. The maximum atomic E-state index is 12.5. The average Bonchev–Trinajstić information content (AvgIpc) is 2.90. The molecule has 27 heavy (non-hydrogen) atoms. The quantitative estimate of drug-likeness (QED) is 0.576. The molecule has 2 heterocycles. The second-order valence-corrected chi connectivity index (χ2v) is 8.39. The van der Waals surface area contributed by atoms with E-state index in [1.54, 1.807) is 0 Å². The van der Waals surface area contributed by atoms with Gasteiger partial charge >= 0.3 is 5.97 Å². The Kier molecular flexibility index (Phi) is 6.51. The van der Waals surface area contributed by atoms with Crippen molar-refractivity contribution < 1.29 is 14.7 Å². The van der Waals surface area contributed by atoms with Gasteiger partial charge < -0.3 is 14.9 Å². The van der Waals surface area contributed by atoms with Crippen LogP contribution in [0.3, 0.4) is 0 Å². The molecule has 0 radical (unpaired) electrons. The number of aliphatic carboxylic acids is 1. The summed E-state index contributed by atoms with van der Waals surface area (Å²) < 4.78 is 0.491. The molecule has 0 unspecified atom stereocenters. The van der Waals surface area contributed by atoms with Gasteiger partial charge in [-0.05, 0) is 37.2 Å². The van der Waals surface area contributed by atoms with Gasteiger partial charge in [-0.2, -0.15) is 0 Å². The molecule has 3 rings (SSSR count). The zero-order valence-electron chi connectivity index (χ0n) is 15.3. The van der Waals surface area contributed by atoms with Crippen molar-refractivity contribution in [3.05, 3.63) is 34.7 Å². The first-order valence-electron chi connectivity index (χ1n) is 8.95. The summed E-state index contributed by atoms with van der Waals surface area (Å²) in [7, 11) is 2.14. The predicted octanol–water partition coefficient (Wildman–Crippen LogP) is 2.50. The molecule has 0 spiro atoms. The van der Waals surface area contributed by atoms with Gasteiger partial charge in [0.1, 0.15) is 4.32 Å². The van der Waals surface area contributed by atoms with Gasteiger partial charge in [0.05, 0.1) is 4.91 Å². The number of hydrogen-bond acceptors (Lipinski definition) is 6. The molecule has 2 fully saturated rings. The fraction of sp³-hybridized carbons (Fsp3) is 0.421. The number of carbonyl (C=O) groups excluding carboxylic acids is 1. The van der Waals surface area contributed by atoms with Crippen LogP contribution in [0.2, 0.25) is 0 Å². The van der Waals surface area contributed by atoms with Crippen LogP contribution in [0.25, 0.3) is 6.08 Å². The number of carbonyl (C=O) groups is 2. The van der Waals surface area contributed by atoms with Crippen LogP contribution in [0.4, 0.5) is 5.69 Å². The minimum Gasteiger partial charge on any atom is -0.481 e. The van der Waals surface area contributed by atoms with Gasteiger partial charge in [-0.15, -0.1) is 0 Å². The molecule has 0 aliphatic carbocycles. The van der Waals surface area contributed by atoms with Crippen molar-refractivity contribution >= 4 is 51.9 Å². The summed E-state index contributed by atoms with van der Waals surface area (Å²) in [6.07, 6.45) is 2.28. The average molecular weight is 406 g/mol. The van der Waals surface area contributed by atoms with E-state index in [9.17, 15) is 9.59 Å². The van der Waals surface area contributed by atoms with Crippen LogP contribution in [-0.4, -0.2) is 70.9 Å². The van der Waals surface area contributed by atoms with Crippen molar-refractivity contribution in [2.45, 2.75) is 12.8 Å². The van der Waals surface area contributed by atoms with E-state index >= 15 is 0 Å². The Morgan fingerprint density at radius 3 is 2.52 bits per heavy atom. The number of nitrogens with zero attached hydrogens (tertiary/aromatic N) is 3. The minimum absolute atomic E-state index is 0.0316. The van der Waals surface area contributed by atoms with E-state index in [1.807, 2.05) is 18.2 Å². The Labute approximate surface area is 168 Å². The summed E-state index contributed by atoms with van der Waals surface area (Å²) in [6.45, 7) is 4.50. The summed E-state index contributed by atoms with van der Waals surface area (Å²) in [5.41, 5.74) is 2.15. The monoisotopic (exact) mass is 405 g/mol. The number of thioether (sulfide) groups is 1. The van der Waals surface area contributed by atoms with Crippen molar-refractivity contribution in [1.82, 2.24) is 9.80 Å². The standard InChI is InChI=1S/C19H23N3O3S2/c1-20-9-11-21(12-10-20)15-6-4-14(5-7-15)13-16-18(25)22(19(26)27-16)8-2-3-17(23)24/h4-7,13H,2-3,8-12H2,1H3,(H,23,24)/b16-13-. The maximum absolute atomic E-state index is 12.5. The van der Waals surface area contributed by atoms with Crippen molar-refractivity contribution in [2.24, 2.45) is 0 Å². The van der Waals surface area contributed by atoms with E-state index in [0.29, 0.717) is 22.2 Å². The molecular formula is C19H23N3O3S2. The van der Waals surface area contributed by atoms with Crippen LogP contribution in [0.15, 0.2) is 29.2 Å². The number of benzene rings is 1. The molecule has 1 N–H and O–H groups in total. The first-order valence-corrected chi connectivity index (χ1v) is 10.2. The number of anilines is 1. The molecule has 1 aromatic rings. The van der Waals surface area contributed by atoms with Crippen molar-refractivity contribution in [2.75, 3.05) is 44.7 Å². The molecule has 144 valence electrons. The number of carboxylic acid groups (broad SMARTS) is 1. The predicted molar refractivity (Wildman–Crippen MR) is 113 cm³/mol. The Morgan fingerprint density at radius 1 is 1.22 bits per heavy atom. The third kappa shape index (κ3) is 5.09. The summed E-state index contributed by atoms with van der Waals surface area (Å²) >= 11 is 6.55. The highest BCUT2D eigenvalue weighted by Gasteiger charge is 2.31. The largest absolute Gasteiger partial charge is 0.481 e. The molecule has 0 aromatic heterocycles. The summed E-state index contributed by atoms with van der Waals surface area (Å²) in [4.78, 5) is 29.9. The van der Waals surface area contributed by atoms with E-state index in [0.717, 1.165) is 31.7 Å². The fourth-order valence-corrected chi connectivity index (χ4v) is 4.39. The number of amides is 1. The van der Waals surface area contributed by atoms with Gasteiger partial charge in [-0.1, -0.05) is 36.1 Å². The van der Waals surface area contributed by atoms with E-state index in [4.69, 9.17) is 17.3 Å². The lowest BCUT2D eigenvalue weighted by Crippen LogP contribution is -2.44. The van der Waals surface area contributed by atoms with Crippen molar-refractivity contribution in [1.29, 1.82) is 0 Å². The normalized spacial score (nSPS) is 20.0. The lowest BCUT2D eigenvalue weighted by Gasteiger charge is -2.34. The lowest BCUT2D eigenvalue weighted by molar-refractivity contribution is -0.137. The zero-order chi connectivity index (χ0) is 19.4. The molecule has 2 saturated heterocycles. The molecule has 1 aromatic carbocycles. The number of carboxylic acids is 1. The molecule has 8 heteroatoms. The summed E-state index contributed by atoms with van der Waals surface area (Å²) in [5, 5.41) is 8.74. The molecule has 0 bridgehead atoms. The zero-order valence-corrected chi connectivity index (χ0v) is 16.9. The summed E-state index contributed by atoms with van der Waals surface area (Å²) in [6, 6.07) is 8.21. The van der Waals surface area contributed by atoms with Gasteiger partial charge in [0.15, 0.2) is 0 Å². The topological polar surface area (TPSA) is 64.1 Å². The smallest absolute Gasteiger partial charge is 0.303 e. The Hall–Kier alpha value is -1.90. The van der Waals surface area contributed by atoms with E-state index < -0.39 is 5.97 Å². The van der Waals surface area contributed by atoms with Crippen molar-refractivity contribution in [3.63, 3.8) is 0 Å².